The van der Waals surface area contributed by atoms with Gasteiger partial charge in [-0.3, -0.25) is 5.43 Å². The van der Waals surface area contributed by atoms with Crippen LogP contribution in [-0.2, 0) is 6.42 Å². The monoisotopic (exact) mass is 300 g/mol. The molecule has 0 aromatic heterocycles. The van der Waals surface area contributed by atoms with Gasteiger partial charge in [0.15, 0.2) is 0 Å². The van der Waals surface area contributed by atoms with Gasteiger partial charge in [0.1, 0.15) is 0 Å². The van der Waals surface area contributed by atoms with E-state index in [0.29, 0.717) is 0 Å². The molecule has 2 nitrogen and oxygen atoms in total. The van der Waals surface area contributed by atoms with E-state index in [1.807, 2.05) is 36.4 Å². The minimum atomic E-state index is 0.795. The average Bonchev–Trinajstić information content (AvgIpc) is 2.61. The Morgan fingerprint density at radius 1 is 0.783 bits per heavy atom. The van der Waals surface area contributed by atoms with E-state index < -0.39 is 0 Å². The van der Waals surface area contributed by atoms with Crippen LogP contribution < -0.4 is 5.43 Å². The predicted octanol–water partition coefficient (Wildman–Crippen LogP) is 5.05. The first-order valence-corrected chi connectivity index (χ1v) is 7.80. The summed E-state index contributed by atoms with van der Waals surface area (Å²) in [6.45, 7) is 2.08. The summed E-state index contributed by atoms with van der Waals surface area (Å²) in [7, 11) is 0. The van der Waals surface area contributed by atoms with Gasteiger partial charge >= 0.3 is 0 Å². The Balaban J connectivity index is 1.85. The van der Waals surface area contributed by atoms with Crippen LogP contribution in [0.25, 0.3) is 0 Å². The highest BCUT2D eigenvalue weighted by molar-refractivity contribution is 6.02. The molecule has 0 saturated carbocycles. The fourth-order valence-electron chi connectivity index (χ4n) is 2.39. The van der Waals surface area contributed by atoms with Crippen molar-refractivity contribution in [3.8, 4) is 0 Å². The molecule has 0 bridgehead atoms. The molecule has 0 aliphatic heterocycles. The fourth-order valence-corrected chi connectivity index (χ4v) is 2.39. The Hall–Kier alpha value is -2.87. The molecule has 0 spiro atoms. The first-order chi connectivity index (χ1) is 11.3. The Bertz CT molecular complexity index is 760. The summed E-state index contributed by atoms with van der Waals surface area (Å²) in [5.41, 5.74) is 8.83. The van der Waals surface area contributed by atoms with Gasteiger partial charge < -0.3 is 0 Å². The molecule has 0 unspecified atom stereocenters. The Labute approximate surface area is 137 Å². The molecule has 0 amide bonds. The Morgan fingerprint density at radius 3 is 2.04 bits per heavy atom. The van der Waals surface area contributed by atoms with E-state index in [-0.39, 0.29) is 0 Å². The molecular formula is C21H20N2. The van der Waals surface area contributed by atoms with Gasteiger partial charge in [-0.1, -0.05) is 78.4 Å². The van der Waals surface area contributed by atoms with Crippen molar-refractivity contribution in [1.82, 2.24) is 0 Å². The highest BCUT2D eigenvalue weighted by atomic mass is 15.3. The Kier molecular flexibility index (Phi) is 4.85. The van der Waals surface area contributed by atoms with Crippen LogP contribution in [0.1, 0.15) is 16.7 Å². The van der Waals surface area contributed by atoms with Crippen molar-refractivity contribution in [3.05, 3.63) is 102 Å². The van der Waals surface area contributed by atoms with E-state index >= 15 is 0 Å². The number of nitrogens with zero attached hydrogens (tertiary/aromatic N) is 1. The highest BCUT2D eigenvalue weighted by Gasteiger charge is 2.05. The molecule has 23 heavy (non-hydrogen) atoms. The summed E-state index contributed by atoms with van der Waals surface area (Å²) in [5, 5.41) is 4.66. The topological polar surface area (TPSA) is 24.4 Å². The third kappa shape index (κ3) is 4.30. The summed E-state index contributed by atoms with van der Waals surface area (Å²) in [6.07, 6.45) is 0.795. The molecule has 0 atom stereocenters. The van der Waals surface area contributed by atoms with Crippen LogP contribution in [-0.4, -0.2) is 5.71 Å². The number of nitrogens with one attached hydrogen (secondary N) is 1. The zero-order chi connectivity index (χ0) is 15.9. The molecule has 0 saturated heterocycles. The van der Waals surface area contributed by atoms with E-state index in [4.69, 9.17) is 0 Å². The maximum Gasteiger partial charge on any atom is 0.0723 e. The van der Waals surface area contributed by atoms with Crippen LogP contribution in [0.5, 0.6) is 0 Å². The van der Waals surface area contributed by atoms with Gasteiger partial charge in [-0.05, 0) is 30.2 Å². The molecule has 2 heteroatoms. The Morgan fingerprint density at radius 2 is 1.39 bits per heavy atom. The number of hydrogen-bond acceptors (Lipinski definition) is 2. The quantitative estimate of drug-likeness (QED) is 0.517. The lowest BCUT2D eigenvalue weighted by Crippen LogP contribution is -2.08. The minimum Gasteiger partial charge on any atom is -0.278 e. The summed E-state index contributed by atoms with van der Waals surface area (Å²) >= 11 is 0. The van der Waals surface area contributed by atoms with Crippen molar-refractivity contribution < 1.29 is 0 Å². The van der Waals surface area contributed by atoms with Crippen LogP contribution in [0.15, 0.2) is 90.0 Å². The summed E-state index contributed by atoms with van der Waals surface area (Å²) in [5.74, 6) is 0. The van der Waals surface area contributed by atoms with Gasteiger partial charge in [-0.2, -0.15) is 5.10 Å². The zero-order valence-electron chi connectivity index (χ0n) is 13.2. The molecule has 0 fully saturated rings. The van der Waals surface area contributed by atoms with E-state index in [1.165, 1.54) is 11.1 Å². The fraction of sp³-hybridized carbons (Fsp3) is 0.0952. The van der Waals surface area contributed by atoms with Gasteiger partial charge in [0.25, 0.3) is 0 Å². The molecule has 3 rings (SSSR count). The molecule has 0 heterocycles. The first-order valence-electron chi connectivity index (χ1n) is 7.80. The number of anilines is 1. The maximum absolute atomic E-state index is 4.66. The van der Waals surface area contributed by atoms with Crippen LogP contribution in [0.2, 0.25) is 0 Å². The number of rotatable bonds is 5. The van der Waals surface area contributed by atoms with E-state index in [9.17, 15) is 0 Å². The van der Waals surface area contributed by atoms with Gasteiger partial charge in [-0.25, -0.2) is 0 Å². The highest BCUT2D eigenvalue weighted by Crippen LogP contribution is 2.12. The summed E-state index contributed by atoms with van der Waals surface area (Å²) in [4.78, 5) is 0. The van der Waals surface area contributed by atoms with Crippen molar-refractivity contribution in [2.75, 3.05) is 5.43 Å². The number of hydrazone groups is 1. The number of aryl methyl sites for hydroxylation is 1. The average molecular weight is 300 g/mol. The summed E-state index contributed by atoms with van der Waals surface area (Å²) in [6, 6.07) is 29.0. The lowest BCUT2D eigenvalue weighted by molar-refractivity contribution is 1.24. The zero-order valence-corrected chi connectivity index (χ0v) is 13.2. The third-order valence-electron chi connectivity index (χ3n) is 3.69. The minimum absolute atomic E-state index is 0.795. The van der Waals surface area contributed by atoms with Gasteiger partial charge in [-0.15, -0.1) is 0 Å². The molecule has 114 valence electrons. The third-order valence-corrected chi connectivity index (χ3v) is 3.69. The van der Waals surface area contributed by atoms with E-state index in [2.05, 4.69) is 66.0 Å². The van der Waals surface area contributed by atoms with Crippen molar-refractivity contribution in [2.24, 2.45) is 5.10 Å². The first kappa shape index (κ1) is 15.0. The van der Waals surface area contributed by atoms with Crippen LogP contribution >= 0.6 is 0 Å². The molecule has 0 aliphatic rings. The normalized spacial score (nSPS) is 11.3. The van der Waals surface area contributed by atoms with Crippen molar-refractivity contribution >= 4 is 11.4 Å². The molecule has 1 N–H and O–H groups in total. The van der Waals surface area contributed by atoms with Crippen LogP contribution in [0.3, 0.4) is 0 Å². The molecule has 0 aliphatic carbocycles. The maximum atomic E-state index is 4.66. The van der Waals surface area contributed by atoms with Crippen molar-refractivity contribution in [1.29, 1.82) is 0 Å². The van der Waals surface area contributed by atoms with Gasteiger partial charge in [0.2, 0.25) is 0 Å². The molecule has 0 radical (unpaired) electrons. The van der Waals surface area contributed by atoms with Crippen molar-refractivity contribution in [2.45, 2.75) is 13.3 Å². The lowest BCUT2D eigenvalue weighted by atomic mass is 10.0. The molecular weight excluding hydrogens is 280 g/mol. The number of hydrogen-bond donors (Lipinski definition) is 1. The molecule has 3 aromatic carbocycles. The lowest BCUT2D eigenvalue weighted by Gasteiger charge is -2.09. The van der Waals surface area contributed by atoms with Crippen LogP contribution in [0, 0.1) is 6.92 Å². The SMILES string of the molecule is Cc1ccc(N/N=C(\Cc2ccccc2)c2ccccc2)cc1. The van der Waals surface area contributed by atoms with Gasteiger partial charge in [0, 0.05) is 6.42 Å². The van der Waals surface area contributed by atoms with Crippen molar-refractivity contribution in [3.63, 3.8) is 0 Å². The van der Waals surface area contributed by atoms with E-state index in [0.717, 1.165) is 23.4 Å². The van der Waals surface area contributed by atoms with E-state index in [1.54, 1.807) is 0 Å². The summed E-state index contributed by atoms with van der Waals surface area (Å²) < 4.78 is 0. The standard InChI is InChI=1S/C21H20N2/c1-17-12-14-20(15-13-17)22-23-21(19-10-6-3-7-11-19)16-18-8-4-2-5-9-18/h2-15,22H,16H2,1H3/b23-21+. The smallest absolute Gasteiger partial charge is 0.0723 e. The van der Waals surface area contributed by atoms with Crippen LogP contribution in [0.4, 0.5) is 5.69 Å². The second-order valence-corrected chi connectivity index (χ2v) is 5.56. The number of benzene rings is 3. The second-order valence-electron chi connectivity index (χ2n) is 5.56. The second kappa shape index (κ2) is 7.41. The largest absolute Gasteiger partial charge is 0.278 e. The molecule has 3 aromatic rings. The van der Waals surface area contributed by atoms with Gasteiger partial charge in [0.05, 0.1) is 11.4 Å². The predicted molar refractivity (Wildman–Crippen MR) is 97.9 cm³/mol.